The number of hydrogen-bond acceptors (Lipinski definition) is 9. The quantitative estimate of drug-likeness (QED) is 0.189. The standard InChI is InChI=1S/C24H16N6O6S/c31-21(12-7-15-3-1-6-20(13-15)30(35)36)25-18-5-2-4-17(14-18)22(32)26-24-28-27-23(37-24)16-8-10-19(11-9-16)29(33)34/h1-14H,(H,25,31)(H,26,28,32)/b12-7+. The van der Waals surface area contributed by atoms with E-state index in [0.29, 0.717) is 21.8 Å². The number of rotatable bonds is 8. The molecule has 1 aromatic heterocycles. The van der Waals surface area contributed by atoms with Gasteiger partial charge in [-0.1, -0.05) is 29.5 Å². The van der Waals surface area contributed by atoms with Gasteiger partial charge in [-0.2, -0.15) is 0 Å². The topological polar surface area (TPSA) is 170 Å². The minimum absolute atomic E-state index is 0.0479. The van der Waals surface area contributed by atoms with Crippen molar-refractivity contribution in [3.63, 3.8) is 0 Å². The van der Waals surface area contributed by atoms with Crippen molar-refractivity contribution in [3.8, 4) is 10.6 Å². The average Bonchev–Trinajstić information content (AvgIpc) is 3.36. The lowest BCUT2D eigenvalue weighted by Crippen LogP contribution is -2.13. The van der Waals surface area contributed by atoms with Gasteiger partial charge in [-0.25, -0.2) is 0 Å². The van der Waals surface area contributed by atoms with E-state index in [1.54, 1.807) is 36.4 Å². The maximum Gasteiger partial charge on any atom is 0.270 e. The molecule has 2 N–H and O–H groups in total. The van der Waals surface area contributed by atoms with Gasteiger partial charge in [0.25, 0.3) is 17.3 Å². The SMILES string of the molecule is O=C(/C=C/c1cccc([N+](=O)[O-])c1)Nc1cccc(C(=O)Nc2nnc(-c3ccc([N+](=O)[O-])cc3)s2)c1. The van der Waals surface area contributed by atoms with Crippen LogP contribution in [0.25, 0.3) is 16.6 Å². The fraction of sp³-hybridized carbons (Fsp3) is 0. The normalized spacial score (nSPS) is 10.7. The molecule has 0 aliphatic carbocycles. The highest BCUT2D eigenvalue weighted by atomic mass is 32.1. The van der Waals surface area contributed by atoms with E-state index in [1.807, 2.05) is 0 Å². The van der Waals surface area contributed by atoms with E-state index < -0.39 is 21.7 Å². The van der Waals surface area contributed by atoms with E-state index in [9.17, 15) is 29.8 Å². The summed E-state index contributed by atoms with van der Waals surface area (Å²) in [5.74, 6) is -0.962. The molecule has 3 aromatic carbocycles. The zero-order valence-electron chi connectivity index (χ0n) is 18.7. The summed E-state index contributed by atoms with van der Waals surface area (Å²) < 4.78 is 0. The number of anilines is 2. The number of nitrogens with one attached hydrogen (secondary N) is 2. The summed E-state index contributed by atoms with van der Waals surface area (Å²) in [7, 11) is 0. The number of nitro groups is 2. The van der Waals surface area contributed by atoms with E-state index in [2.05, 4.69) is 20.8 Å². The smallest absolute Gasteiger partial charge is 0.270 e. The van der Waals surface area contributed by atoms with Crippen molar-refractivity contribution in [1.29, 1.82) is 0 Å². The van der Waals surface area contributed by atoms with Gasteiger partial charge in [0.05, 0.1) is 9.85 Å². The summed E-state index contributed by atoms with van der Waals surface area (Å²) in [4.78, 5) is 45.6. The highest BCUT2D eigenvalue weighted by Crippen LogP contribution is 2.28. The number of carbonyl (C=O) groups is 2. The van der Waals surface area contributed by atoms with Crippen LogP contribution >= 0.6 is 11.3 Å². The van der Waals surface area contributed by atoms with Crippen LogP contribution in [0, 0.1) is 20.2 Å². The van der Waals surface area contributed by atoms with Crippen LogP contribution < -0.4 is 10.6 Å². The van der Waals surface area contributed by atoms with Crippen LogP contribution in [0.3, 0.4) is 0 Å². The Balaban J connectivity index is 1.39. The van der Waals surface area contributed by atoms with Gasteiger partial charge >= 0.3 is 0 Å². The molecule has 0 aliphatic heterocycles. The predicted octanol–water partition coefficient (Wildman–Crippen LogP) is 4.93. The molecule has 2 amide bonds. The molecule has 4 aromatic rings. The second-order valence-corrected chi connectivity index (χ2v) is 8.40. The fourth-order valence-corrected chi connectivity index (χ4v) is 3.87. The minimum atomic E-state index is -0.522. The molecule has 0 unspecified atom stereocenters. The van der Waals surface area contributed by atoms with Crippen molar-refractivity contribution in [3.05, 3.63) is 110 Å². The molecule has 13 heteroatoms. The summed E-state index contributed by atoms with van der Waals surface area (Å²) in [6.07, 6.45) is 2.67. The number of amides is 2. The zero-order chi connectivity index (χ0) is 26.4. The first-order valence-corrected chi connectivity index (χ1v) is 11.3. The summed E-state index contributed by atoms with van der Waals surface area (Å²) in [6, 6.07) is 17.9. The van der Waals surface area contributed by atoms with Crippen LogP contribution in [0.5, 0.6) is 0 Å². The molecule has 0 saturated heterocycles. The van der Waals surface area contributed by atoms with Crippen LogP contribution in [0.15, 0.2) is 78.9 Å². The fourth-order valence-electron chi connectivity index (χ4n) is 3.12. The summed E-state index contributed by atoms with van der Waals surface area (Å²) in [6.45, 7) is 0. The largest absolute Gasteiger partial charge is 0.322 e. The Morgan fingerprint density at radius 1 is 0.838 bits per heavy atom. The molecular formula is C24H16N6O6S. The Labute approximate surface area is 212 Å². The van der Waals surface area contributed by atoms with E-state index in [4.69, 9.17) is 0 Å². The van der Waals surface area contributed by atoms with Crippen molar-refractivity contribution in [2.75, 3.05) is 10.6 Å². The molecule has 1 heterocycles. The number of aromatic nitrogens is 2. The van der Waals surface area contributed by atoms with Gasteiger partial charge < -0.3 is 5.32 Å². The maximum atomic E-state index is 12.7. The van der Waals surface area contributed by atoms with Crippen LogP contribution in [-0.4, -0.2) is 31.9 Å². The van der Waals surface area contributed by atoms with Gasteiger partial charge in [-0.05, 0) is 42.0 Å². The Kier molecular flexibility index (Phi) is 7.35. The second kappa shape index (κ2) is 11.0. The van der Waals surface area contributed by atoms with Gasteiger partial charge in [-0.3, -0.25) is 35.1 Å². The molecule has 37 heavy (non-hydrogen) atoms. The van der Waals surface area contributed by atoms with Crippen LogP contribution in [0.2, 0.25) is 0 Å². The summed E-state index contributed by atoms with van der Waals surface area (Å²) in [5, 5.41) is 35.6. The third-order valence-corrected chi connectivity index (χ3v) is 5.76. The van der Waals surface area contributed by atoms with Crippen molar-refractivity contribution >= 4 is 51.4 Å². The van der Waals surface area contributed by atoms with Gasteiger partial charge in [0, 0.05) is 47.2 Å². The molecular weight excluding hydrogens is 500 g/mol. The Morgan fingerprint density at radius 2 is 1.57 bits per heavy atom. The summed E-state index contributed by atoms with van der Waals surface area (Å²) in [5.41, 5.74) is 1.59. The molecule has 0 radical (unpaired) electrons. The lowest BCUT2D eigenvalue weighted by atomic mass is 10.1. The zero-order valence-corrected chi connectivity index (χ0v) is 19.5. The highest BCUT2D eigenvalue weighted by Gasteiger charge is 2.13. The van der Waals surface area contributed by atoms with Crippen molar-refractivity contribution in [2.45, 2.75) is 0 Å². The van der Waals surface area contributed by atoms with E-state index in [-0.39, 0.29) is 22.1 Å². The lowest BCUT2D eigenvalue weighted by Gasteiger charge is -2.05. The van der Waals surface area contributed by atoms with Crippen LogP contribution in [0.4, 0.5) is 22.2 Å². The van der Waals surface area contributed by atoms with Crippen molar-refractivity contribution in [1.82, 2.24) is 10.2 Å². The van der Waals surface area contributed by atoms with Crippen LogP contribution in [0.1, 0.15) is 15.9 Å². The second-order valence-electron chi connectivity index (χ2n) is 7.43. The number of carbonyl (C=O) groups excluding carboxylic acids is 2. The number of nitrogens with zero attached hydrogens (tertiary/aromatic N) is 4. The molecule has 0 saturated carbocycles. The first-order chi connectivity index (χ1) is 17.8. The van der Waals surface area contributed by atoms with Gasteiger partial charge in [-0.15, -0.1) is 10.2 Å². The maximum absolute atomic E-state index is 12.7. The molecule has 184 valence electrons. The molecule has 0 atom stereocenters. The Bertz CT molecular complexity index is 1530. The number of non-ortho nitro benzene ring substituents is 2. The molecule has 12 nitrogen and oxygen atoms in total. The number of benzene rings is 3. The summed E-state index contributed by atoms with van der Waals surface area (Å²) >= 11 is 1.10. The van der Waals surface area contributed by atoms with E-state index in [1.165, 1.54) is 48.6 Å². The Hall–Kier alpha value is -5.30. The number of hydrogen-bond donors (Lipinski definition) is 2. The molecule has 0 fully saturated rings. The third kappa shape index (κ3) is 6.43. The first kappa shape index (κ1) is 24.8. The molecule has 0 aliphatic rings. The van der Waals surface area contributed by atoms with E-state index in [0.717, 1.165) is 11.3 Å². The molecule has 0 spiro atoms. The highest BCUT2D eigenvalue weighted by molar-refractivity contribution is 7.18. The average molecular weight is 516 g/mol. The first-order valence-electron chi connectivity index (χ1n) is 10.5. The Morgan fingerprint density at radius 3 is 2.30 bits per heavy atom. The predicted molar refractivity (Wildman–Crippen MR) is 137 cm³/mol. The van der Waals surface area contributed by atoms with Crippen molar-refractivity contribution in [2.24, 2.45) is 0 Å². The molecule has 0 bridgehead atoms. The molecule has 4 rings (SSSR count). The van der Waals surface area contributed by atoms with Gasteiger partial charge in [0.15, 0.2) is 0 Å². The van der Waals surface area contributed by atoms with E-state index >= 15 is 0 Å². The van der Waals surface area contributed by atoms with Gasteiger partial charge in [0.2, 0.25) is 11.0 Å². The minimum Gasteiger partial charge on any atom is -0.322 e. The monoisotopic (exact) mass is 516 g/mol. The lowest BCUT2D eigenvalue weighted by molar-refractivity contribution is -0.385. The van der Waals surface area contributed by atoms with Crippen molar-refractivity contribution < 1.29 is 19.4 Å². The van der Waals surface area contributed by atoms with Gasteiger partial charge in [0.1, 0.15) is 5.01 Å². The van der Waals surface area contributed by atoms with Crippen LogP contribution in [-0.2, 0) is 4.79 Å². The third-order valence-electron chi connectivity index (χ3n) is 4.87. The number of nitro benzene ring substituents is 2.